The largest absolute Gasteiger partial charge is 0.492 e. The lowest BCUT2D eigenvalue weighted by atomic mass is 9.95. The number of carbonyl (C=O) groups excluding carboxylic acids is 1. The number of hydrogen-bond donors (Lipinski definition) is 0. The molecule has 0 unspecified atom stereocenters. The molecule has 0 N–H and O–H groups in total. The van der Waals surface area contributed by atoms with Gasteiger partial charge in [0.2, 0.25) is 0 Å². The molecule has 0 saturated heterocycles. The van der Waals surface area contributed by atoms with Crippen LogP contribution in [0.25, 0.3) is 22.6 Å². The first kappa shape index (κ1) is 30.4. The van der Waals surface area contributed by atoms with Gasteiger partial charge in [-0.25, -0.2) is 4.98 Å². The zero-order chi connectivity index (χ0) is 29.0. The van der Waals surface area contributed by atoms with E-state index in [9.17, 15) is 18.0 Å². The normalized spacial score (nSPS) is 12.5. The number of esters is 1. The molecular weight excluding hydrogens is 527 g/mol. The fourth-order valence-corrected chi connectivity index (χ4v) is 4.43. The minimum Gasteiger partial charge on any atom is -0.492 e. The van der Waals surface area contributed by atoms with Gasteiger partial charge in [0.05, 0.1) is 18.2 Å². The number of pyridine rings is 1. The molecule has 7 nitrogen and oxygen atoms in total. The van der Waals surface area contributed by atoms with E-state index < -0.39 is 25.4 Å². The van der Waals surface area contributed by atoms with Crippen LogP contribution in [0.15, 0.2) is 42.7 Å². The summed E-state index contributed by atoms with van der Waals surface area (Å²) in [5.74, 6) is 0.378. The van der Waals surface area contributed by atoms with Crippen molar-refractivity contribution in [2.24, 2.45) is 5.41 Å². The fraction of sp³-hybridized carbons (Fsp3) is 0.464. The molecule has 2 heterocycles. The third kappa shape index (κ3) is 8.15. The first-order chi connectivity index (χ1) is 18.1. The number of halogens is 3. The van der Waals surface area contributed by atoms with Crippen molar-refractivity contribution in [2.45, 2.75) is 59.4 Å². The Morgan fingerprint density at radius 1 is 1.10 bits per heavy atom. The highest BCUT2D eigenvalue weighted by atomic mass is 28.3. The summed E-state index contributed by atoms with van der Waals surface area (Å²) in [7, 11) is 0.00358. The van der Waals surface area contributed by atoms with Crippen LogP contribution < -0.4 is 4.74 Å². The Morgan fingerprint density at radius 3 is 2.33 bits per heavy atom. The van der Waals surface area contributed by atoms with Crippen LogP contribution in [-0.4, -0.2) is 48.9 Å². The van der Waals surface area contributed by atoms with Crippen molar-refractivity contribution in [3.63, 3.8) is 0 Å². The number of ether oxygens (including phenoxy) is 3. The van der Waals surface area contributed by atoms with Gasteiger partial charge in [0, 0.05) is 38.2 Å². The molecule has 0 aliphatic carbocycles. The van der Waals surface area contributed by atoms with E-state index in [0.29, 0.717) is 23.6 Å². The summed E-state index contributed by atoms with van der Waals surface area (Å²) >= 11 is 0. The van der Waals surface area contributed by atoms with E-state index in [1.807, 2.05) is 25.1 Å². The van der Waals surface area contributed by atoms with E-state index in [2.05, 4.69) is 29.6 Å². The van der Waals surface area contributed by atoms with Gasteiger partial charge in [0.15, 0.2) is 5.69 Å². The van der Waals surface area contributed by atoms with Gasteiger partial charge in [-0.15, -0.1) is 0 Å². The second kappa shape index (κ2) is 11.9. The quantitative estimate of drug-likeness (QED) is 0.145. The van der Waals surface area contributed by atoms with Gasteiger partial charge in [-0.2, -0.15) is 13.2 Å². The Bertz CT molecular complexity index is 1280. The minimum absolute atomic E-state index is 0.0294. The summed E-state index contributed by atoms with van der Waals surface area (Å²) in [6.07, 6.45) is -2.05. The Morgan fingerprint density at radius 2 is 1.77 bits per heavy atom. The number of rotatable bonds is 11. The van der Waals surface area contributed by atoms with Crippen molar-refractivity contribution in [3.8, 4) is 28.4 Å². The van der Waals surface area contributed by atoms with Gasteiger partial charge in [-0.1, -0.05) is 19.6 Å². The van der Waals surface area contributed by atoms with Crippen LogP contribution in [0.1, 0.15) is 25.1 Å². The molecular formula is C28H36F3N3O4Si. The molecule has 1 aromatic carbocycles. The predicted molar refractivity (Wildman–Crippen MR) is 146 cm³/mol. The van der Waals surface area contributed by atoms with Gasteiger partial charge in [-0.3, -0.25) is 9.78 Å². The van der Waals surface area contributed by atoms with Crippen molar-refractivity contribution in [3.05, 3.63) is 54.0 Å². The molecule has 0 spiro atoms. The molecule has 0 amide bonds. The van der Waals surface area contributed by atoms with Crippen LogP contribution in [0.2, 0.25) is 25.7 Å². The molecule has 2 aromatic heterocycles. The number of nitrogens with zero attached hydrogens (tertiary/aromatic N) is 3. The maximum atomic E-state index is 13.5. The molecule has 0 bridgehead atoms. The smallest absolute Gasteiger partial charge is 0.434 e. The summed E-state index contributed by atoms with van der Waals surface area (Å²) in [6.45, 7) is 12.5. The Hall–Kier alpha value is -3.18. The Labute approximate surface area is 228 Å². The number of alkyl halides is 3. The fourth-order valence-electron chi connectivity index (χ4n) is 3.68. The van der Waals surface area contributed by atoms with Gasteiger partial charge >= 0.3 is 12.1 Å². The SMILES string of the molecule is COC(=O)C(C)(C)COc1ccc(-c2cc(C)c(-c3nc(C(F)(F)F)cn3COCC[Si](C)(C)C)cn2)cc1. The highest BCUT2D eigenvalue weighted by Crippen LogP contribution is 2.33. The molecule has 0 atom stereocenters. The molecule has 0 radical (unpaired) electrons. The average Bonchev–Trinajstić information content (AvgIpc) is 3.29. The van der Waals surface area contributed by atoms with Gasteiger partial charge in [0.25, 0.3) is 0 Å². The summed E-state index contributed by atoms with van der Waals surface area (Å²) in [4.78, 5) is 20.2. The summed E-state index contributed by atoms with van der Waals surface area (Å²) in [6, 6.07) is 9.92. The molecule has 39 heavy (non-hydrogen) atoms. The molecule has 11 heteroatoms. The van der Waals surface area contributed by atoms with Gasteiger partial charge in [0.1, 0.15) is 24.9 Å². The van der Waals surface area contributed by atoms with E-state index in [0.717, 1.165) is 23.4 Å². The van der Waals surface area contributed by atoms with Crippen LogP contribution in [0.5, 0.6) is 5.75 Å². The molecule has 0 saturated carbocycles. The number of hydrogen-bond acceptors (Lipinski definition) is 6. The Kier molecular flexibility index (Phi) is 9.27. The lowest BCUT2D eigenvalue weighted by Crippen LogP contribution is -2.32. The summed E-state index contributed by atoms with van der Waals surface area (Å²) in [5.41, 5.74) is 0.909. The van der Waals surface area contributed by atoms with Gasteiger partial charge in [-0.05, 0) is 62.7 Å². The number of imidazole rings is 1. The molecule has 0 aliphatic heterocycles. The number of methoxy groups -OCH3 is 1. The molecule has 3 rings (SSSR count). The lowest BCUT2D eigenvalue weighted by Gasteiger charge is -2.21. The molecule has 212 valence electrons. The van der Waals surface area contributed by atoms with Crippen LogP contribution in [-0.2, 0) is 27.2 Å². The highest BCUT2D eigenvalue weighted by molar-refractivity contribution is 6.76. The van der Waals surface area contributed by atoms with Crippen molar-refractivity contribution in [2.75, 3.05) is 20.3 Å². The maximum absolute atomic E-state index is 13.5. The molecule has 3 aromatic rings. The van der Waals surface area contributed by atoms with E-state index in [1.54, 1.807) is 26.0 Å². The molecule has 0 aliphatic rings. The topological polar surface area (TPSA) is 75.5 Å². The standard InChI is InChI=1S/C28H36F3N3O4Si/c1-19-14-23(20-8-10-21(11-9-20)38-17-27(2,3)26(35)36-4)32-15-22(19)25-33-24(28(29,30)31)16-34(25)18-37-12-13-39(5,6)7/h8-11,14-16H,12-13,17-18H2,1-7H3. The first-order valence-corrected chi connectivity index (χ1v) is 16.3. The maximum Gasteiger partial charge on any atom is 0.434 e. The third-order valence-electron chi connectivity index (χ3n) is 6.13. The summed E-state index contributed by atoms with van der Waals surface area (Å²) < 4.78 is 58.1. The van der Waals surface area contributed by atoms with E-state index in [4.69, 9.17) is 14.2 Å². The van der Waals surface area contributed by atoms with Crippen molar-refractivity contribution in [1.29, 1.82) is 0 Å². The van der Waals surface area contributed by atoms with E-state index in [-0.39, 0.29) is 25.1 Å². The van der Waals surface area contributed by atoms with Crippen LogP contribution in [0.4, 0.5) is 13.2 Å². The van der Waals surface area contributed by atoms with Crippen LogP contribution in [0.3, 0.4) is 0 Å². The van der Waals surface area contributed by atoms with E-state index in [1.165, 1.54) is 17.9 Å². The average molecular weight is 564 g/mol. The number of benzene rings is 1. The predicted octanol–water partition coefficient (Wildman–Crippen LogP) is 6.83. The Balaban J connectivity index is 1.80. The number of aromatic nitrogens is 3. The minimum atomic E-state index is -4.57. The third-order valence-corrected chi connectivity index (χ3v) is 7.84. The monoisotopic (exact) mass is 563 g/mol. The van der Waals surface area contributed by atoms with E-state index >= 15 is 0 Å². The second-order valence-electron chi connectivity index (χ2n) is 11.3. The van der Waals surface area contributed by atoms with Crippen LogP contribution in [0, 0.1) is 12.3 Å². The van der Waals surface area contributed by atoms with Crippen molar-refractivity contribution in [1.82, 2.24) is 14.5 Å². The van der Waals surface area contributed by atoms with Gasteiger partial charge < -0.3 is 18.8 Å². The summed E-state index contributed by atoms with van der Waals surface area (Å²) in [5, 5.41) is 0. The zero-order valence-corrected chi connectivity index (χ0v) is 24.5. The highest BCUT2D eigenvalue weighted by Gasteiger charge is 2.35. The van der Waals surface area contributed by atoms with Crippen LogP contribution >= 0.6 is 0 Å². The second-order valence-corrected chi connectivity index (χ2v) is 17.0. The number of carbonyl (C=O) groups is 1. The van der Waals surface area contributed by atoms with Crippen molar-refractivity contribution >= 4 is 14.0 Å². The lowest BCUT2D eigenvalue weighted by molar-refractivity contribution is -0.152. The van der Waals surface area contributed by atoms with Crippen molar-refractivity contribution < 1.29 is 32.2 Å². The zero-order valence-electron chi connectivity index (χ0n) is 23.5. The first-order valence-electron chi connectivity index (χ1n) is 12.6. The molecule has 0 fully saturated rings. The number of aryl methyl sites for hydroxylation is 1.